The van der Waals surface area contributed by atoms with Gasteiger partial charge in [0.15, 0.2) is 0 Å². The highest BCUT2D eigenvalue weighted by Gasteiger charge is 2.43. The molecule has 1 amide bonds. The first kappa shape index (κ1) is 13.6. The van der Waals surface area contributed by atoms with Crippen molar-refractivity contribution >= 4 is 5.91 Å². The van der Waals surface area contributed by atoms with Crippen LogP contribution < -0.4 is 5.32 Å². The number of aromatic amines is 1. The molecule has 2 heterocycles. The van der Waals surface area contributed by atoms with Gasteiger partial charge in [0, 0.05) is 18.1 Å². The van der Waals surface area contributed by atoms with Crippen molar-refractivity contribution in [2.24, 2.45) is 0 Å². The fourth-order valence-electron chi connectivity index (χ4n) is 3.25. The second-order valence-corrected chi connectivity index (χ2v) is 6.45. The lowest BCUT2D eigenvalue weighted by Crippen LogP contribution is -2.56. The Bertz CT molecular complexity index is 701. The number of H-pyrrole nitrogens is 1. The first-order chi connectivity index (χ1) is 10.6. The Balaban J connectivity index is 1.48. The van der Waals surface area contributed by atoms with Crippen LogP contribution in [0.15, 0.2) is 24.7 Å². The number of hydrogen-bond acceptors (Lipinski definition) is 3. The molecule has 0 spiro atoms. The Morgan fingerprint density at radius 1 is 1.50 bits per heavy atom. The largest absolute Gasteiger partial charge is 0.391 e. The number of nitrogens with zero attached hydrogens (tertiary/aromatic N) is 2. The minimum atomic E-state index is -0.460. The summed E-state index contributed by atoms with van der Waals surface area (Å²) in [5.41, 5.74) is 2.83. The normalized spacial score (nSPS) is 27.5. The number of hydrogen-bond donors (Lipinski definition) is 3. The van der Waals surface area contributed by atoms with Gasteiger partial charge in [0.2, 0.25) is 0 Å². The van der Waals surface area contributed by atoms with Gasteiger partial charge >= 0.3 is 0 Å². The van der Waals surface area contributed by atoms with Gasteiger partial charge in [-0.3, -0.25) is 9.48 Å². The molecule has 0 saturated heterocycles. The molecule has 0 bridgehead atoms. The van der Waals surface area contributed by atoms with Crippen molar-refractivity contribution in [2.45, 2.75) is 50.3 Å². The predicted octanol–water partition coefficient (Wildman–Crippen LogP) is 1.50. The summed E-state index contributed by atoms with van der Waals surface area (Å²) in [5.74, 6) is 0.446. The zero-order chi connectivity index (χ0) is 15.3. The molecule has 6 nitrogen and oxygen atoms in total. The Hall–Kier alpha value is -2.08. The van der Waals surface area contributed by atoms with Crippen LogP contribution in [0.1, 0.15) is 52.8 Å². The van der Waals surface area contributed by atoms with Crippen LogP contribution in [0.4, 0.5) is 0 Å². The van der Waals surface area contributed by atoms with E-state index in [1.54, 1.807) is 10.9 Å². The second kappa shape index (κ2) is 4.98. The quantitative estimate of drug-likeness (QED) is 0.800. The van der Waals surface area contributed by atoms with Gasteiger partial charge in [-0.2, -0.15) is 5.10 Å². The van der Waals surface area contributed by atoms with Gasteiger partial charge in [-0.05, 0) is 43.7 Å². The van der Waals surface area contributed by atoms with Gasteiger partial charge < -0.3 is 15.4 Å². The van der Waals surface area contributed by atoms with Crippen molar-refractivity contribution in [3.05, 3.63) is 41.5 Å². The Morgan fingerprint density at radius 3 is 2.95 bits per heavy atom. The zero-order valence-electron chi connectivity index (χ0n) is 12.5. The lowest BCUT2D eigenvalue weighted by molar-refractivity contribution is -0.00591. The number of amides is 1. The number of aromatic nitrogens is 3. The molecule has 6 heteroatoms. The van der Waals surface area contributed by atoms with Crippen LogP contribution in [-0.2, 0) is 0 Å². The molecule has 0 aliphatic heterocycles. The van der Waals surface area contributed by atoms with E-state index >= 15 is 0 Å². The van der Waals surface area contributed by atoms with Crippen molar-refractivity contribution in [3.8, 4) is 0 Å². The van der Waals surface area contributed by atoms with E-state index in [0.717, 1.165) is 29.7 Å². The predicted molar refractivity (Wildman–Crippen MR) is 80.6 cm³/mol. The summed E-state index contributed by atoms with van der Waals surface area (Å²) in [5, 5.41) is 17.3. The SMILES string of the molecule is Cc1cnn([C@H]2[C@H](O)C[C@@H]2NC(=O)c2cc[nH]c2C2CC2)c1. The van der Waals surface area contributed by atoms with E-state index in [-0.39, 0.29) is 18.0 Å². The molecule has 2 aliphatic rings. The van der Waals surface area contributed by atoms with Crippen molar-refractivity contribution < 1.29 is 9.90 Å². The van der Waals surface area contributed by atoms with Gasteiger partial charge in [-0.15, -0.1) is 0 Å². The van der Waals surface area contributed by atoms with Gasteiger partial charge in [0.1, 0.15) is 0 Å². The molecule has 2 aromatic heterocycles. The molecule has 0 radical (unpaired) electrons. The highest BCUT2D eigenvalue weighted by Crippen LogP contribution is 2.41. The average Bonchev–Trinajstić information content (AvgIpc) is 3.05. The van der Waals surface area contributed by atoms with Crippen LogP contribution in [0.5, 0.6) is 0 Å². The average molecular weight is 300 g/mol. The number of aryl methyl sites for hydroxylation is 1. The molecule has 3 atom stereocenters. The molecule has 3 N–H and O–H groups in total. The maximum atomic E-state index is 12.5. The fourth-order valence-corrected chi connectivity index (χ4v) is 3.25. The van der Waals surface area contributed by atoms with E-state index in [2.05, 4.69) is 15.4 Å². The molecule has 22 heavy (non-hydrogen) atoms. The van der Waals surface area contributed by atoms with Crippen molar-refractivity contribution in [1.29, 1.82) is 0 Å². The smallest absolute Gasteiger partial charge is 0.253 e. The van der Waals surface area contributed by atoms with Gasteiger partial charge in [0.25, 0.3) is 5.91 Å². The minimum Gasteiger partial charge on any atom is -0.391 e. The van der Waals surface area contributed by atoms with Crippen molar-refractivity contribution in [2.75, 3.05) is 0 Å². The Labute approximate surface area is 128 Å². The van der Waals surface area contributed by atoms with Crippen LogP contribution in [-0.4, -0.2) is 37.9 Å². The molecular weight excluding hydrogens is 280 g/mol. The third-order valence-corrected chi connectivity index (χ3v) is 4.66. The molecule has 2 fully saturated rings. The summed E-state index contributed by atoms with van der Waals surface area (Å²) in [6.45, 7) is 1.96. The summed E-state index contributed by atoms with van der Waals surface area (Å²) in [6, 6.07) is 1.58. The number of nitrogens with one attached hydrogen (secondary N) is 2. The minimum absolute atomic E-state index is 0.0612. The van der Waals surface area contributed by atoms with E-state index in [1.165, 1.54) is 0 Å². The molecule has 2 aliphatic carbocycles. The van der Waals surface area contributed by atoms with Crippen LogP contribution >= 0.6 is 0 Å². The summed E-state index contributed by atoms with van der Waals surface area (Å²) in [4.78, 5) is 15.7. The maximum absolute atomic E-state index is 12.5. The number of carbonyl (C=O) groups excluding carboxylic acids is 1. The Morgan fingerprint density at radius 2 is 2.32 bits per heavy atom. The van der Waals surface area contributed by atoms with Crippen molar-refractivity contribution in [3.63, 3.8) is 0 Å². The third kappa shape index (κ3) is 2.23. The third-order valence-electron chi connectivity index (χ3n) is 4.66. The zero-order valence-corrected chi connectivity index (χ0v) is 12.5. The second-order valence-electron chi connectivity index (χ2n) is 6.45. The summed E-state index contributed by atoms with van der Waals surface area (Å²) >= 11 is 0. The summed E-state index contributed by atoms with van der Waals surface area (Å²) < 4.78 is 1.76. The monoisotopic (exact) mass is 300 g/mol. The molecule has 0 aromatic carbocycles. The maximum Gasteiger partial charge on any atom is 0.253 e. The first-order valence-electron chi connectivity index (χ1n) is 7.80. The number of carbonyl (C=O) groups is 1. The standard InChI is InChI=1S/C16H20N4O2/c1-9-7-18-20(8-9)15-12(6-13(15)21)19-16(22)11-4-5-17-14(11)10-2-3-10/h4-5,7-8,10,12-13,15,17,21H,2-3,6H2,1H3,(H,19,22)/t12-,13+,15+/m0/s1. The highest BCUT2D eigenvalue weighted by molar-refractivity contribution is 5.96. The summed E-state index contributed by atoms with van der Waals surface area (Å²) in [7, 11) is 0. The van der Waals surface area contributed by atoms with E-state index in [4.69, 9.17) is 0 Å². The molecule has 0 unspecified atom stereocenters. The van der Waals surface area contributed by atoms with Crippen LogP contribution in [0, 0.1) is 6.92 Å². The first-order valence-corrected chi connectivity index (χ1v) is 7.80. The van der Waals surface area contributed by atoms with Gasteiger partial charge in [-0.1, -0.05) is 0 Å². The van der Waals surface area contributed by atoms with Crippen LogP contribution in [0.25, 0.3) is 0 Å². The molecule has 2 aromatic rings. The van der Waals surface area contributed by atoms with Crippen LogP contribution in [0.3, 0.4) is 0 Å². The number of rotatable bonds is 4. The fraction of sp³-hybridized carbons (Fsp3) is 0.500. The van der Waals surface area contributed by atoms with Gasteiger partial charge in [-0.25, -0.2) is 0 Å². The van der Waals surface area contributed by atoms with Crippen LogP contribution in [0.2, 0.25) is 0 Å². The summed E-state index contributed by atoms with van der Waals surface area (Å²) in [6.07, 6.45) is 7.90. The number of aliphatic hydroxyl groups is 1. The van der Waals surface area contributed by atoms with E-state index in [9.17, 15) is 9.90 Å². The molecule has 4 rings (SSSR count). The van der Waals surface area contributed by atoms with E-state index in [1.807, 2.05) is 25.4 Å². The number of aliphatic hydroxyl groups excluding tert-OH is 1. The lowest BCUT2D eigenvalue weighted by Gasteiger charge is -2.41. The van der Waals surface area contributed by atoms with Crippen molar-refractivity contribution in [1.82, 2.24) is 20.1 Å². The lowest BCUT2D eigenvalue weighted by atomic mass is 9.83. The highest BCUT2D eigenvalue weighted by atomic mass is 16.3. The molecular formula is C16H20N4O2. The van der Waals surface area contributed by atoms with E-state index < -0.39 is 6.10 Å². The van der Waals surface area contributed by atoms with Gasteiger partial charge in [0.05, 0.1) is 29.9 Å². The molecule has 2 saturated carbocycles. The van der Waals surface area contributed by atoms with E-state index in [0.29, 0.717) is 12.3 Å². The molecule has 116 valence electrons. The Kier molecular flexibility index (Phi) is 3.07. The topological polar surface area (TPSA) is 82.9 Å².